The summed E-state index contributed by atoms with van der Waals surface area (Å²) in [6.07, 6.45) is 6.39. The molecule has 0 aromatic carbocycles. The van der Waals surface area contributed by atoms with Gasteiger partial charge in [0.15, 0.2) is 0 Å². The summed E-state index contributed by atoms with van der Waals surface area (Å²) in [6, 6.07) is 4.45. The van der Waals surface area contributed by atoms with Gasteiger partial charge in [-0.25, -0.2) is 4.98 Å². The van der Waals surface area contributed by atoms with Gasteiger partial charge in [0.2, 0.25) is 0 Å². The predicted octanol–water partition coefficient (Wildman–Crippen LogP) is 2.11. The van der Waals surface area contributed by atoms with Crippen LogP contribution in [0.3, 0.4) is 0 Å². The summed E-state index contributed by atoms with van der Waals surface area (Å²) >= 11 is 0. The molecule has 0 spiro atoms. The molecule has 1 atom stereocenters. The van der Waals surface area contributed by atoms with Gasteiger partial charge in [-0.3, -0.25) is 9.30 Å². The van der Waals surface area contributed by atoms with Crippen LogP contribution in [0.15, 0.2) is 24.5 Å². The fraction of sp³-hybridized carbons (Fsp3) is 0.462. The number of aromatic nitrogens is 2. The molecule has 0 saturated carbocycles. The number of hydrogen-bond acceptors (Lipinski definition) is 3. The number of likely N-dealkylation sites (tertiary alicyclic amines) is 1. The fourth-order valence-corrected chi connectivity index (χ4v) is 2.59. The van der Waals surface area contributed by atoms with Crippen molar-refractivity contribution in [3.63, 3.8) is 0 Å². The van der Waals surface area contributed by atoms with E-state index in [9.17, 15) is 0 Å². The molecular formula is C13H17N3O. The molecule has 0 amide bonds. The van der Waals surface area contributed by atoms with E-state index in [0.29, 0.717) is 6.04 Å². The molecule has 1 saturated heterocycles. The van der Waals surface area contributed by atoms with Crippen molar-refractivity contribution >= 4 is 5.52 Å². The third-order valence-corrected chi connectivity index (χ3v) is 3.58. The van der Waals surface area contributed by atoms with E-state index in [1.54, 1.807) is 7.11 Å². The number of ether oxygens (including phenoxy) is 1. The van der Waals surface area contributed by atoms with E-state index < -0.39 is 0 Å². The first-order valence-electron chi connectivity index (χ1n) is 6.01. The monoisotopic (exact) mass is 231 g/mol. The van der Waals surface area contributed by atoms with Crippen LogP contribution in [0.5, 0.6) is 5.75 Å². The number of methoxy groups -OCH3 is 1. The largest absolute Gasteiger partial charge is 0.495 e. The topological polar surface area (TPSA) is 29.8 Å². The van der Waals surface area contributed by atoms with Crippen LogP contribution < -0.4 is 4.74 Å². The highest BCUT2D eigenvalue weighted by Crippen LogP contribution is 2.30. The van der Waals surface area contributed by atoms with Crippen molar-refractivity contribution in [2.75, 3.05) is 20.7 Å². The van der Waals surface area contributed by atoms with Crippen LogP contribution in [0.1, 0.15) is 24.7 Å². The predicted molar refractivity (Wildman–Crippen MR) is 66.3 cm³/mol. The van der Waals surface area contributed by atoms with Gasteiger partial charge < -0.3 is 4.74 Å². The number of imidazole rings is 1. The minimum atomic E-state index is 0.435. The highest BCUT2D eigenvalue weighted by molar-refractivity contribution is 5.48. The van der Waals surface area contributed by atoms with Crippen LogP contribution in [0.2, 0.25) is 0 Å². The molecule has 4 nitrogen and oxygen atoms in total. The van der Waals surface area contributed by atoms with Crippen molar-refractivity contribution in [2.24, 2.45) is 0 Å². The maximum Gasteiger partial charge on any atom is 0.135 e. The van der Waals surface area contributed by atoms with Crippen LogP contribution in [0, 0.1) is 0 Å². The third kappa shape index (κ3) is 1.69. The number of nitrogens with zero attached hydrogens (tertiary/aromatic N) is 3. The van der Waals surface area contributed by atoms with Crippen LogP contribution in [-0.4, -0.2) is 35.0 Å². The lowest BCUT2D eigenvalue weighted by Crippen LogP contribution is -2.19. The average molecular weight is 231 g/mol. The fourth-order valence-electron chi connectivity index (χ4n) is 2.59. The zero-order chi connectivity index (χ0) is 11.8. The number of hydrogen-bond donors (Lipinski definition) is 0. The first-order valence-corrected chi connectivity index (χ1v) is 6.01. The van der Waals surface area contributed by atoms with Crippen molar-refractivity contribution in [3.8, 4) is 5.75 Å². The Hall–Kier alpha value is -1.55. The second-order valence-corrected chi connectivity index (χ2v) is 4.62. The Bertz CT molecular complexity index is 534. The van der Waals surface area contributed by atoms with Gasteiger partial charge in [0, 0.05) is 0 Å². The van der Waals surface area contributed by atoms with Gasteiger partial charge in [0.05, 0.1) is 31.1 Å². The maximum atomic E-state index is 5.27. The second kappa shape index (κ2) is 4.04. The maximum absolute atomic E-state index is 5.27. The zero-order valence-electron chi connectivity index (χ0n) is 10.3. The summed E-state index contributed by atoms with van der Waals surface area (Å²) in [5, 5.41) is 0. The van der Waals surface area contributed by atoms with Crippen LogP contribution in [0.25, 0.3) is 5.52 Å². The van der Waals surface area contributed by atoms with Gasteiger partial charge in [-0.1, -0.05) is 0 Å². The number of fused-ring (bicyclic) bond motifs is 1. The van der Waals surface area contributed by atoms with Gasteiger partial charge >= 0.3 is 0 Å². The van der Waals surface area contributed by atoms with E-state index in [1.165, 1.54) is 12.8 Å². The zero-order valence-corrected chi connectivity index (χ0v) is 10.3. The highest BCUT2D eigenvalue weighted by Gasteiger charge is 2.26. The molecule has 1 unspecified atom stereocenters. The van der Waals surface area contributed by atoms with E-state index in [-0.39, 0.29) is 0 Å². The molecule has 2 aromatic heterocycles. The molecule has 90 valence electrons. The smallest absolute Gasteiger partial charge is 0.135 e. The lowest BCUT2D eigenvalue weighted by Gasteiger charge is -2.18. The summed E-state index contributed by atoms with van der Waals surface area (Å²) in [4.78, 5) is 6.94. The standard InChI is InChI=1S/C13H17N3O/c1-15-7-3-4-12(15)13-14-8-10-5-6-11(17-2)9-16(10)13/h5-6,8-9,12H,3-4,7H2,1-2H3. The van der Waals surface area contributed by atoms with E-state index in [1.807, 2.05) is 24.5 Å². The van der Waals surface area contributed by atoms with Gasteiger partial charge in [-0.15, -0.1) is 0 Å². The Kier molecular flexibility index (Phi) is 2.52. The van der Waals surface area contributed by atoms with Crippen molar-refractivity contribution < 1.29 is 4.74 Å². The minimum Gasteiger partial charge on any atom is -0.495 e. The van der Waals surface area contributed by atoms with Crippen molar-refractivity contribution in [3.05, 3.63) is 30.4 Å². The van der Waals surface area contributed by atoms with Gasteiger partial charge in [0.1, 0.15) is 11.6 Å². The molecule has 4 heteroatoms. The molecule has 0 N–H and O–H groups in total. The SMILES string of the molecule is COc1ccc2cnc(C3CCCN3C)n2c1. The van der Waals surface area contributed by atoms with Crippen molar-refractivity contribution in [1.82, 2.24) is 14.3 Å². The van der Waals surface area contributed by atoms with Gasteiger partial charge in [0.25, 0.3) is 0 Å². The van der Waals surface area contributed by atoms with Crippen molar-refractivity contribution in [2.45, 2.75) is 18.9 Å². The Morgan fingerprint density at radius 1 is 1.41 bits per heavy atom. The molecule has 0 aliphatic carbocycles. The molecule has 1 fully saturated rings. The Morgan fingerprint density at radius 2 is 2.29 bits per heavy atom. The van der Waals surface area contributed by atoms with Crippen LogP contribution >= 0.6 is 0 Å². The molecule has 2 aromatic rings. The van der Waals surface area contributed by atoms with E-state index in [4.69, 9.17) is 4.74 Å². The van der Waals surface area contributed by atoms with Crippen LogP contribution in [-0.2, 0) is 0 Å². The summed E-state index contributed by atoms with van der Waals surface area (Å²) in [5.41, 5.74) is 1.13. The Labute approximate surface area is 101 Å². The lowest BCUT2D eigenvalue weighted by molar-refractivity contribution is 0.304. The first-order chi connectivity index (χ1) is 8.29. The summed E-state index contributed by atoms with van der Waals surface area (Å²) < 4.78 is 7.42. The summed E-state index contributed by atoms with van der Waals surface area (Å²) in [7, 11) is 3.86. The summed E-state index contributed by atoms with van der Waals surface area (Å²) in [6.45, 7) is 1.16. The van der Waals surface area contributed by atoms with Gasteiger partial charge in [-0.05, 0) is 38.6 Å². The molecule has 1 aliphatic rings. The molecule has 1 aliphatic heterocycles. The van der Waals surface area contributed by atoms with E-state index in [2.05, 4.69) is 21.3 Å². The highest BCUT2D eigenvalue weighted by atomic mass is 16.5. The first kappa shape index (κ1) is 10.6. The second-order valence-electron chi connectivity index (χ2n) is 4.62. The lowest BCUT2D eigenvalue weighted by atomic mass is 10.2. The molecule has 0 bridgehead atoms. The molecule has 3 heterocycles. The van der Waals surface area contributed by atoms with Crippen molar-refractivity contribution in [1.29, 1.82) is 0 Å². The summed E-state index contributed by atoms with van der Waals surface area (Å²) in [5.74, 6) is 2.00. The van der Waals surface area contributed by atoms with E-state index >= 15 is 0 Å². The van der Waals surface area contributed by atoms with E-state index in [0.717, 1.165) is 23.6 Å². The number of pyridine rings is 1. The molecular weight excluding hydrogens is 214 g/mol. The molecule has 3 rings (SSSR count). The average Bonchev–Trinajstić information content (AvgIpc) is 2.94. The quantitative estimate of drug-likeness (QED) is 0.793. The molecule has 17 heavy (non-hydrogen) atoms. The van der Waals surface area contributed by atoms with Gasteiger partial charge in [-0.2, -0.15) is 0 Å². The Balaban J connectivity index is 2.09. The minimum absolute atomic E-state index is 0.435. The third-order valence-electron chi connectivity index (χ3n) is 3.58. The normalized spacial score (nSPS) is 21.2. The number of rotatable bonds is 2. The van der Waals surface area contributed by atoms with Crippen LogP contribution in [0.4, 0.5) is 0 Å². The Morgan fingerprint density at radius 3 is 3.00 bits per heavy atom. The molecule has 0 radical (unpaired) electrons.